The Balaban J connectivity index is 2.60. The van der Waals surface area contributed by atoms with E-state index in [2.05, 4.69) is 37.4 Å². The highest BCUT2D eigenvalue weighted by atomic mass is 16.5. The van der Waals surface area contributed by atoms with E-state index in [0.29, 0.717) is 13.0 Å². The molecule has 3 nitrogen and oxygen atoms in total. The first kappa shape index (κ1) is 14.5. The number of hydrogen-bond donors (Lipinski definition) is 1. The smallest absolute Gasteiger partial charge is 0.0733 e. The first-order valence-corrected chi connectivity index (χ1v) is 6.27. The van der Waals surface area contributed by atoms with E-state index in [1.54, 1.807) is 7.11 Å². The molecule has 1 aromatic carbocycles. The molecule has 0 heterocycles. The molecule has 0 radical (unpaired) electrons. The van der Waals surface area contributed by atoms with Gasteiger partial charge in [0.05, 0.1) is 12.7 Å². The predicted octanol–water partition coefficient (Wildman–Crippen LogP) is 3.57. The minimum Gasteiger partial charge on any atom is -0.384 e. The molecule has 0 aliphatic rings. The van der Waals surface area contributed by atoms with E-state index in [1.807, 2.05) is 12.1 Å². The van der Waals surface area contributed by atoms with Crippen molar-refractivity contribution in [1.82, 2.24) is 0 Å². The molecule has 0 spiro atoms. The van der Waals surface area contributed by atoms with Crippen molar-refractivity contribution in [3.63, 3.8) is 0 Å². The normalized spacial score (nSPS) is 11.0. The van der Waals surface area contributed by atoms with Crippen molar-refractivity contribution >= 4 is 5.69 Å². The Morgan fingerprint density at radius 1 is 1.33 bits per heavy atom. The summed E-state index contributed by atoms with van der Waals surface area (Å²) in [6.45, 7) is 5.82. The van der Waals surface area contributed by atoms with Crippen molar-refractivity contribution in [1.29, 1.82) is 5.26 Å². The Labute approximate surface area is 110 Å². The maximum absolute atomic E-state index is 8.64. The van der Waals surface area contributed by atoms with Crippen LogP contribution in [0.1, 0.15) is 32.3 Å². The minimum absolute atomic E-state index is 0.121. The van der Waals surface area contributed by atoms with Gasteiger partial charge < -0.3 is 10.1 Å². The Bertz CT molecular complexity index is 407. The minimum atomic E-state index is 0.121. The highest BCUT2D eigenvalue weighted by Crippen LogP contribution is 2.24. The van der Waals surface area contributed by atoms with E-state index in [-0.39, 0.29) is 5.41 Å². The van der Waals surface area contributed by atoms with Crippen LogP contribution in [0.2, 0.25) is 0 Å². The largest absolute Gasteiger partial charge is 0.384 e. The van der Waals surface area contributed by atoms with E-state index < -0.39 is 0 Å². The summed E-state index contributed by atoms with van der Waals surface area (Å²) in [6, 6.07) is 10.4. The summed E-state index contributed by atoms with van der Waals surface area (Å²) in [5.41, 5.74) is 2.40. The highest BCUT2D eigenvalue weighted by molar-refractivity contribution is 5.50. The molecule has 18 heavy (non-hydrogen) atoms. The van der Waals surface area contributed by atoms with Gasteiger partial charge in [-0.05, 0) is 17.9 Å². The van der Waals surface area contributed by atoms with Gasteiger partial charge in [-0.15, -0.1) is 0 Å². The first-order valence-electron chi connectivity index (χ1n) is 6.27. The SMILES string of the molecule is COCc1ccccc1NCC(C)(C)CCC#N. The molecule has 98 valence electrons. The topological polar surface area (TPSA) is 45.0 Å². The fourth-order valence-corrected chi connectivity index (χ4v) is 1.79. The fourth-order valence-electron chi connectivity index (χ4n) is 1.79. The summed E-state index contributed by atoms with van der Waals surface area (Å²) in [7, 11) is 1.70. The molecule has 0 unspecified atom stereocenters. The van der Waals surface area contributed by atoms with E-state index in [1.165, 1.54) is 0 Å². The maximum Gasteiger partial charge on any atom is 0.0733 e. The molecule has 0 saturated carbocycles. The van der Waals surface area contributed by atoms with Gasteiger partial charge in [0.15, 0.2) is 0 Å². The van der Waals surface area contributed by atoms with Crippen LogP contribution in [0.25, 0.3) is 0 Å². The Kier molecular flexibility index (Phi) is 5.67. The van der Waals surface area contributed by atoms with Crippen LogP contribution < -0.4 is 5.32 Å². The summed E-state index contributed by atoms with van der Waals surface area (Å²) in [4.78, 5) is 0. The van der Waals surface area contributed by atoms with Crippen molar-refractivity contribution in [3.8, 4) is 6.07 Å². The summed E-state index contributed by atoms with van der Waals surface area (Å²) in [5, 5.41) is 12.1. The van der Waals surface area contributed by atoms with Crippen molar-refractivity contribution in [2.24, 2.45) is 5.41 Å². The number of nitrogens with zero attached hydrogens (tertiary/aromatic N) is 1. The lowest BCUT2D eigenvalue weighted by Gasteiger charge is -2.25. The molecule has 0 aliphatic carbocycles. The molecular formula is C15H22N2O. The Morgan fingerprint density at radius 2 is 2.06 bits per heavy atom. The number of para-hydroxylation sites is 1. The molecule has 0 saturated heterocycles. The van der Waals surface area contributed by atoms with E-state index in [0.717, 1.165) is 24.2 Å². The molecule has 0 amide bonds. The van der Waals surface area contributed by atoms with Crippen LogP contribution in [0.5, 0.6) is 0 Å². The average Bonchev–Trinajstić information content (AvgIpc) is 2.36. The van der Waals surface area contributed by atoms with Crippen LogP contribution in [0.3, 0.4) is 0 Å². The monoisotopic (exact) mass is 246 g/mol. The molecule has 1 rings (SSSR count). The molecule has 1 aromatic rings. The molecule has 3 heteroatoms. The lowest BCUT2D eigenvalue weighted by Crippen LogP contribution is -2.23. The van der Waals surface area contributed by atoms with Gasteiger partial charge in [-0.2, -0.15) is 5.26 Å². The number of methoxy groups -OCH3 is 1. The maximum atomic E-state index is 8.64. The third kappa shape index (κ3) is 4.77. The van der Waals surface area contributed by atoms with E-state index >= 15 is 0 Å². The fraction of sp³-hybridized carbons (Fsp3) is 0.533. The number of nitriles is 1. The second-order valence-corrected chi connectivity index (χ2v) is 5.27. The van der Waals surface area contributed by atoms with E-state index in [4.69, 9.17) is 10.00 Å². The second-order valence-electron chi connectivity index (χ2n) is 5.27. The molecule has 0 atom stereocenters. The molecule has 0 fully saturated rings. The van der Waals surface area contributed by atoms with Gasteiger partial charge in [0.1, 0.15) is 0 Å². The van der Waals surface area contributed by atoms with Gasteiger partial charge in [-0.1, -0.05) is 32.0 Å². The standard InChI is InChI=1S/C15H22N2O/c1-15(2,9-6-10-16)12-17-14-8-5-4-7-13(14)11-18-3/h4-5,7-8,17H,6,9,11-12H2,1-3H3. The summed E-state index contributed by atoms with van der Waals surface area (Å²) >= 11 is 0. The number of benzene rings is 1. The predicted molar refractivity (Wildman–Crippen MR) is 74.3 cm³/mol. The average molecular weight is 246 g/mol. The zero-order chi connectivity index (χ0) is 13.4. The molecular weight excluding hydrogens is 224 g/mol. The third-order valence-electron chi connectivity index (χ3n) is 2.99. The number of ether oxygens (including phenoxy) is 1. The molecule has 0 bridgehead atoms. The Morgan fingerprint density at radius 3 is 2.72 bits per heavy atom. The van der Waals surface area contributed by atoms with Crippen LogP contribution in [0.15, 0.2) is 24.3 Å². The van der Waals surface area contributed by atoms with Gasteiger partial charge in [0, 0.05) is 31.3 Å². The third-order valence-corrected chi connectivity index (χ3v) is 2.99. The van der Waals surface area contributed by atoms with Crippen LogP contribution >= 0.6 is 0 Å². The van der Waals surface area contributed by atoms with Crippen LogP contribution in [0.4, 0.5) is 5.69 Å². The van der Waals surface area contributed by atoms with Crippen molar-refractivity contribution < 1.29 is 4.74 Å². The number of anilines is 1. The van der Waals surface area contributed by atoms with Crippen LogP contribution in [0, 0.1) is 16.7 Å². The van der Waals surface area contributed by atoms with Gasteiger partial charge >= 0.3 is 0 Å². The molecule has 0 aromatic heterocycles. The van der Waals surface area contributed by atoms with Crippen molar-refractivity contribution in [2.75, 3.05) is 19.0 Å². The van der Waals surface area contributed by atoms with E-state index in [9.17, 15) is 0 Å². The number of hydrogen-bond acceptors (Lipinski definition) is 3. The van der Waals surface area contributed by atoms with Gasteiger partial charge in [-0.25, -0.2) is 0 Å². The second kappa shape index (κ2) is 7.03. The van der Waals surface area contributed by atoms with Crippen LogP contribution in [-0.2, 0) is 11.3 Å². The first-order chi connectivity index (χ1) is 8.59. The van der Waals surface area contributed by atoms with Gasteiger partial charge in [0.25, 0.3) is 0 Å². The number of nitrogens with one attached hydrogen (secondary N) is 1. The van der Waals surface area contributed by atoms with Crippen LogP contribution in [-0.4, -0.2) is 13.7 Å². The lowest BCUT2D eigenvalue weighted by atomic mass is 9.88. The summed E-state index contributed by atoms with van der Waals surface area (Å²) in [5.74, 6) is 0. The number of rotatable bonds is 7. The summed E-state index contributed by atoms with van der Waals surface area (Å²) in [6.07, 6.45) is 1.51. The quantitative estimate of drug-likeness (QED) is 0.800. The van der Waals surface area contributed by atoms with Crippen molar-refractivity contribution in [3.05, 3.63) is 29.8 Å². The molecule has 0 aliphatic heterocycles. The Hall–Kier alpha value is -1.53. The lowest BCUT2D eigenvalue weighted by molar-refractivity contribution is 0.185. The highest BCUT2D eigenvalue weighted by Gasteiger charge is 2.17. The summed E-state index contributed by atoms with van der Waals surface area (Å²) < 4.78 is 5.18. The van der Waals surface area contributed by atoms with Crippen molar-refractivity contribution in [2.45, 2.75) is 33.3 Å². The molecule has 1 N–H and O–H groups in total. The zero-order valence-corrected chi connectivity index (χ0v) is 11.5. The van der Waals surface area contributed by atoms with Gasteiger partial charge in [-0.3, -0.25) is 0 Å². The van der Waals surface area contributed by atoms with Gasteiger partial charge in [0.2, 0.25) is 0 Å². The zero-order valence-electron chi connectivity index (χ0n) is 11.5.